The van der Waals surface area contributed by atoms with Crippen LogP contribution in [0.5, 0.6) is 0 Å². The van der Waals surface area contributed by atoms with Crippen molar-refractivity contribution in [2.24, 2.45) is 0 Å². The highest BCUT2D eigenvalue weighted by atomic mass is 16.7. The number of ether oxygens (including phenoxy) is 3. The number of esters is 2. The zero-order valence-electron chi connectivity index (χ0n) is 9.45. The Morgan fingerprint density at radius 1 is 1.29 bits per heavy atom. The molecular formula is C10H14O7. The van der Waals surface area contributed by atoms with Crippen LogP contribution in [0.1, 0.15) is 20.3 Å². The molecule has 2 N–H and O–H groups in total. The molecule has 5 atom stereocenters. The quantitative estimate of drug-likeness (QED) is 0.584. The van der Waals surface area contributed by atoms with Crippen LogP contribution in [-0.4, -0.2) is 52.4 Å². The number of aliphatic hydroxyl groups is 2. The Morgan fingerprint density at radius 3 is 2.35 bits per heavy atom. The van der Waals surface area contributed by atoms with Gasteiger partial charge in [0.1, 0.15) is 6.10 Å². The van der Waals surface area contributed by atoms with Crippen LogP contribution in [0.3, 0.4) is 0 Å². The summed E-state index contributed by atoms with van der Waals surface area (Å²) in [5, 5.41) is 19.9. The van der Waals surface area contributed by atoms with E-state index < -0.39 is 42.1 Å². The molecule has 0 spiro atoms. The average molecular weight is 246 g/mol. The molecule has 0 amide bonds. The molecule has 0 aromatic carbocycles. The molecule has 7 nitrogen and oxygen atoms in total. The van der Waals surface area contributed by atoms with Crippen molar-refractivity contribution in [2.45, 2.75) is 50.5 Å². The first-order valence-corrected chi connectivity index (χ1v) is 5.27. The molecule has 2 saturated heterocycles. The molecule has 0 unspecified atom stereocenters. The number of aliphatic hydroxyl groups excluding tert-OH is 1. The van der Waals surface area contributed by atoms with Gasteiger partial charge in [0.05, 0.1) is 6.10 Å². The van der Waals surface area contributed by atoms with Crippen molar-refractivity contribution in [1.82, 2.24) is 0 Å². The molecule has 0 aliphatic carbocycles. The van der Waals surface area contributed by atoms with Gasteiger partial charge in [0, 0.05) is 20.3 Å². The van der Waals surface area contributed by atoms with Gasteiger partial charge in [-0.2, -0.15) is 0 Å². The molecule has 2 fully saturated rings. The topological polar surface area (TPSA) is 102 Å². The lowest BCUT2D eigenvalue weighted by Gasteiger charge is -2.34. The van der Waals surface area contributed by atoms with Gasteiger partial charge < -0.3 is 24.4 Å². The van der Waals surface area contributed by atoms with Crippen molar-refractivity contribution in [3.8, 4) is 0 Å². The van der Waals surface area contributed by atoms with E-state index in [0.717, 1.165) is 6.92 Å². The molecule has 0 aromatic heterocycles. The third-order valence-corrected chi connectivity index (χ3v) is 2.95. The SMILES string of the molecule is CC(=O)O[C@@H]1C[C@@H]2O[C@@]1(O)[C@@H](OC(C)=O)[C@H]2O. The summed E-state index contributed by atoms with van der Waals surface area (Å²) >= 11 is 0. The Hall–Kier alpha value is -1.18. The highest BCUT2D eigenvalue weighted by molar-refractivity contribution is 5.67. The van der Waals surface area contributed by atoms with Gasteiger partial charge in [0.2, 0.25) is 5.79 Å². The van der Waals surface area contributed by atoms with Crippen LogP contribution in [0.15, 0.2) is 0 Å². The number of carbonyl (C=O) groups excluding carboxylic acids is 2. The fourth-order valence-electron chi connectivity index (χ4n) is 2.31. The van der Waals surface area contributed by atoms with Crippen molar-refractivity contribution < 1.29 is 34.0 Å². The highest BCUT2D eigenvalue weighted by Gasteiger charge is 2.67. The minimum atomic E-state index is -1.96. The van der Waals surface area contributed by atoms with Crippen LogP contribution in [0, 0.1) is 0 Å². The van der Waals surface area contributed by atoms with Crippen LogP contribution in [0.2, 0.25) is 0 Å². The van der Waals surface area contributed by atoms with E-state index in [0.29, 0.717) is 0 Å². The van der Waals surface area contributed by atoms with E-state index in [2.05, 4.69) is 0 Å². The molecule has 96 valence electrons. The number of hydrogen-bond donors (Lipinski definition) is 2. The summed E-state index contributed by atoms with van der Waals surface area (Å²) in [5.74, 6) is -3.18. The predicted octanol–water partition coefficient (Wildman–Crippen LogP) is -1.30. The molecule has 2 rings (SSSR count). The van der Waals surface area contributed by atoms with Crippen LogP contribution < -0.4 is 0 Å². The minimum absolute atomic E-state index is 0.176. The predicted molar refractivity (Wildman–Crippen MR) is 51.6 cm³/mol. The van der Waals surface area contributed by atoms with Gasteiger partial charge in [-0.1, -0.05) is 0 Å². The molecule has 2 heterocycles. The molecule has 2 aliphatic heterocycles. The maximum Gasteiger partial charge on any atom is 0.303 e. The van der Waals surface area contributed by atoms with E-state index in [1.807, 2.05) is 0 Å². The van der Waals surface area contributed by atoms with Crippen molar-refractivity contribution in [3.63, 3.8) is 0 Å². The van der Waals surface area contributed by atoms with E-state index in [4.69, 9.17) is 14.2 Å². The monoisotopic (exact) mass is 246 g/mol. The van der Waals surface area contributed by atoms with Crippen LogP contribution in [0.25, 0.3) is 0 Å². The van der Waals surface area contributed by atoms with E-state index in [1.165, 1.54) is 6.92 Å². The number of carbonyl (C=O) groups is 2. The van der Waals surface area contributed by atoms with Gasteiger partial charge in [0.15, 0.2) is 12.2 Å². The Morgan fingerprint density at radius 2 is 1.88 bits per heavy atom. The van der Waals surface area contributed by atoms with Crippen molar-refractivity contribution in [3.05, 3.63) is 0 Å². The van der Waals surface area contributed by atoms with E-state index >= 15 is 0 Å². The molecule has 0 aromatic rings. The van der Waals surface area contributed by atoms with Crippen LogP contribution in [-0.2, 0) is 23.8 Å². The first-order valence-electron chi connectivity index (χ1n) is 5.27. The summed E-state index contributed by atoms with van der Waals surface area (Å²) in [6.07, 6.45) is -3.81. The van der Waals surface area contributed by atoms with Gasteiger partial charge in [-0.25, -0.2) is 0 Å². The fraction of sp³-hybridized carbons (Fsp3) is 0.800. The summed E-state index contributed by atoms with van der Waals surface area (Å²) in [6.45, 7) is 2.36. The van der Waals surface area contributed by atoms with Gasteiger partial charge in [-0.15, -0.1) is 0 Å². The second kappa shape index (κ2) is 3.94. The van der Waals surface area contributed by atoms with E-state index in [1.54, 1.807) is 0 Å². The smallest absolute Gasteiger partial charge is 0.303 e. The van der Waals surface area contributed by atoms with Crippen LogP contribution in [0.4, 0.5) is 0 Å². The molecule has 0 radical (unpaired) electrons. The lowest BCUT2D eigenvalue weighted by Crippen LogP contribution is -2.56. The first-order chi connectivity index (χ1) is 7.84. The zero-order valence-corrected chi connectivity index (χ0v) is 9.45. The summed E-state index contributed by atoms with van der Waals surface area (Å²) in [4.78, 5) is 21.8. The zero-order chi connectivity index (χ0) is 12.8. The summed E-state index contributed by atoms with van der Waals surface area (Å²) in [5.41, 5.74) is 0. The standard InChI is InChI=1S/C10H14O7/c1-4(11)15-7-3-6-8(13)9(16-5(2)12)10(7,14)17-6/h6-9,13-14H,3H2,1-2H3/t6-,7+,8-,9-,10+/m0/s1. The third-order valence-electron chi connectivity index (χ3n) is 2.95. The number of hydrogen-bond acceptors (Lipinski definition) is 7. The molecular weight excluding hydrogens is 232 g/mol. The molecule has 7 heteroatoms. The molecule has 2 aliphatic rings. The van der Waals surface area contributed by atoms with Gasteiger partial charge >= 0.3 is 11.9 Å². The normalized spacial score (nSPS) is 43.5. The van der Waals surface area contributed by atoms with Crippen molar-refractivity contribution in [2.75, 3.05) is 0 Å². The Labute approximate surface area is 97.3 Å². The average Bonchev–Trinajstić information content (AvgIpc) is 2.60. The summed E-state index contributed by atoms with van der Waals surface area (Å²) in [6, 6.07) is 0. The van der Waals surface area contributed by atoms with Crippen molar-refractivity contribution >= 4 is 11.9 Å². The van der Waals surface area contributed by atoms with Gasteiger partial charge in [0.25, 0.3) is 0 Å². The minimum Gasteiger partial charge on any atom is -0.457 e. The largest absolute Gasteiger partial charge is 0.457 e. The van der Waals surface area contributed by atoms with E-state index in [-0.39, 0.29) is 6.42 Å². The van der Waals surface area contributed by atoms with Gasteiger partial charge in [-0.05, 0) is 0 Å². The second-order valence-electron chi connectivity index (χ2n) is 4.26. The Bertz CT molecular complexity index is 355. The van der Waals surface area contributed by atoms with Gasteiger partial charge in [-0.3, -0.25) is 9.59 Å². The fourth-order valence-corrected chi connectivity index (χ4v) is 2.31. The number of fused-ring (bicyclic) bond motifs is 2. The number of rotatable bonds is 2. The lowest BCUT2D eigenvalue weighted by molar-refractivity contribution is -0.255. The lowest BCUT2D eigenvalue weighted by atomic mass is 9.89. The Balaban J connectivity index is 2.18. The molecule has 17 heavy (non-hydrogen) atoms. The maximum atomic E-state index is 10.9. The highest BCUT2D eigenvalue weighted by Crippen LogP contribution is 2.45. The van der Waals surface area contributed by atoms with Crippen LogP contribution >= 0.6 is 0 Å². The molecule has 0 saturated carbocycles. The molecule has 2 bridgehead atoms. The Kier molecular flexibility index (Phi) is 2.84. The van der Waals surface area contributed by atoms with Crippen molar-refractivity contribution in [1.29, 1.82) is 0 Å². The first kappa shape index (κ1) is 12.3. The van der Waals surface area contributed by atoms with E-state index in [9.17, 15) is 19.8 Å². The summed E-state index contributed by atoms with van der Waals surface area (Å²) in [7, 11) is 0. The summed E-state index contributed by atoms with van der Waals surface area (Å²) < 4.78 is 14.9. The maximum absolute atomic E-state index is 10.9. The third kappa shape index (κ3) is 1.90. The second-order valence-corrected chi connectivity index (χ2v) is 4.26.